The number of carbonyl (C=O) groups excluding carboxylic acids is 1. The van der Waals surface area contributed by atoms with Gasteiger partial charge in [-0.25, -0.2) is 0 Å². The Morgan fingerprint density at radius 3 is 2.73 bits per heavy atom. The van der Waals surface area contributed by atoms with Crippen LogP contribution in [0.4, 0.5) is 0 Å². The number of hydrogen-bond donors (Lipinski definition) is 1. The Labute approximate surface area is 182 Å². The highest BCUT2D eigenvalue weighted by molar-refractivity contribution is 5.63. The molecule has 0 amide bonds. The molecule has 2 heterocycles. The van der Waals surface area contributed by atoms with Crippen LogP contribution >= 0.6 is 0 Å². The van der Waals surface area contributed by atoms with Crippen molar-refractivity contribution < 1.29 is 9.90 Å². The van der Waals surface area contributed by atoms with E-state index in [4.69, 9.17) is 0 Å². The first kappa shape index (κ1) is 20.0. The summed E-state index contributed by atoms with van der Waals surface area (Å²) in [5.74, 6) is 4.03. The number of rotatable bonds is 1. The van der Waals surface area contributed by atoms with Gasteiger partial charge < -0.3 is 9.90 Å². The number of aldehydes is 1. The van der Waals surface area contributed by atoms with Gasteiger partial charge in [0.15, 0.2) is 0 Å². The zero-order valence-electron chi connectivity index (χ0n) is 19.2. The Morgan fingerprint density at radius 1 is 1.10 bits per heavy atom. The largest absolute Gasteiger partial charge is 0.393 e. The lowest BCUT2D eigenvalue weighted by atomic mass is 9.46. The molecular weight excluding hydrogens is 370 g/mol. The molecule has 30 heavy (non-hydrogen) atoms. The van der Waals surface area contributed by atoms with Gasteiger partial charge in [-0.05, 0) is 98.7 Å². The monoisotopic (exact) mass is 411 g/mol. The molecule has 0 aromatic rings. The lowest BCUT2D eigenvalue weighted by Gasteiger charge is -2.57. The molecule has 0 aromatic heterocycles. The Bertz CT molecular complexity index is 762. The van der Waals surface area contributed by atoms with Crippen LogP contribution in [-0.2, 0) is 4.79 Å². The van der Waals surface area contributed by atoms with Crippen LogP contribution < -0.4 is 0 Å². The molecule has 0 aromatic carbocycles. The molecule has 166 valence electrons. The van der Waals surface area contributed by atoms with Crippen LogP contribution in [0, 0.1) is 46.3 Å². The molecule has 4 aliphatic carbocycles. The fraction of sp³-hybridized carbons (Fsp3) is 0.889. The Balaban J connectivity index is 1.36. The van der Waals surface area contributed by atoms with Gasteiger partial charge in [0.05, 0.1) is 6.10 Å². The van der Waals surface area contributed by atoms with Crippen LogP contribution in [0.3, 0.4) is 0 Å². The van der Waals surface area contributed by atoms with Crippen molar-refractivity contribution in [2.45, 2.75) is 96.7 Å². The molecule has 6 aliphatic rings. The highest BCUT2D eigenvalue weighted by atomic mass is 16.3. The van der Waals surface area contributed by atoms with Gasteiger partial charge in [-0.1, -0.05) is 32.4 Å². The van der Waals surface area contributed by atoms with Crippen molar-refractivity contribution in [3.63, 3.8) is 0 Å². The van der Waals surface area contributed by atoms with Crippen molar-refractivity contribution in [2.75, 3.05) is 6.54 Å². The van der Waals surface area contributed by atoms with Gasteiger partial charge in [0.25, 0.3) is 0 Å². The van der Waals surface area contributed by atoms with Crippen molar-refractivity contribution in [1.29, 1.82) is 0 Å². The predicted molar refractivity (Wildman–Crippen MR) is 119 cm³/mol. The molecule has 2 saturated heterocycles. The SMILES string of the molecule is C[C@H]1CC[C@H]2[C@H](C)[C@H]3[C@H](C[C@H]4[C@@H]5CC=C6C[C@@H](O)CC[C@]6(C)[C@H]5CC[C@]34C=O)N2C1. The van der Waals surface area contributed by atoms with Crippen LogP contribution in [0.15, 0.2) is 11.6 Å². The number of piperidine rings is 1. The number of hydrogen-bond acceptors (Lipinski definition) is 3. The van der Waals surface area contributed by atoms with Gasteiger partial charge in [0.2, 0.25) is 0 Å². The van der Waals surface area contributed by atoms with Crippen LogP contribution in [0.1, 0.15) is 78.6 Å². The number of carbonyl (C=O) groups is 1. The summed E-state index contributed by atoms with van der Waals surface area (Å²) in [5, 5.41) is 10.3. The van der Waals surface area contributed by atoms with Gasteiger partial charge >= 0.3 is 0 Å². The maximum atomic E-state index is 12.9. The van der Waals surface area contributed by atoms with E-state index in [1.165, 1.54) is 44.1 Å². The highest BCUT2D eigenvalue weighted by Gasteiger charge is 2.68. The lowest BCUT2D eigenvalue weighted by Crippen LogP contribution is -2.52. The summed E-state index contributed by atoms with van der Waals surface area (Å²) in [6.07, 6.45) is 14.3. The van der Waals surface area contributed by atoms with Crippen molar-refractivity contribution >= 4 is 6.29 Å². The van der Waals surface area contributed by atoms with Crippen LogP contribution in [-0.4, -0.2) is 41.0 Å². The molecule has 3 saturated carbocycles. The second-order valence-electron chi connectivity index (χ2n) is 12.6. The van der Waals surface area contributed by atoms with E-state index in [0.717, 1.165) is 44.1 Å². The average molecular weight is 412 g/mol. The fourth-order valence-corrected chi connectivity index (χ4v) is 10.2. The molecule has 3 nitrogen and oxygen atoms in total. The first-order valence-corrected chi connectivity index (χ1v) is 13.0. The first-order chi connectivity index (χ1) is 14.4. The molecule has 1 N–H and O–H groups in total. The molecular formula is C27H41NO2. The quantitative estimate of drug-likeness (QED) is 0.496. The van der Waals surface area contributed by atoms with Gasteiger partial charge in [0.1, 0.15) is 6.29 Å². The molecule has 0 spiro atoms. The Kier molecular flexibility index (Phi) is 4.44. The van der Waals surface area contributed by atoms with Crippen molar-refractivity contribution in [2.24, 2.45) is 46.3 Å². The number of nitrogens with zero attached hydrogens (tertiary/aromatic N) is 1. The lowest BCUT2D eigenvalue weighted by molar-refractivity contribution is -0.131. The Morgan fingerprint density at radius 2 is 1.93 bits per heavy atom. The van der Waals surface area contributed by atoms with E-state index < -0.39 is 0 Å². The summed E-state index contributed by atoms with van der Waals surface area (Å²) >= 11 is 0. The Hall–Kier alpha value is -0.670. The van der Waals surface area contributed by atoms with E-state index in [1.54, 1.807) is 0 Å². The minimum absolute atomic E-state index is 0.0677. The van der Waals surface area contributed by atoms with Gasteiger partial charge in [0, 0.05) is 24.0 Å². The first-order valence-electron chi connectivity index (χ1n) is 13.0. The van der Waals surface area contributed by atoms with E-state index in [1.807, 2.05) is 0 Å². The summed E-state index contributed by atoms with van der Waals surface area (Å²) in [6, 6.07) is 1.37. The fourth-order valence-electron chi connectivity index (χ4n) is 10.2. The molecule has 0 radical (unpaired) electrons. The van der Waals surface area contributed by atoms with E-state index in [0.29, 0.717) is 35.6 Å². The summed E-state index contributed by atoms with van der Waals surface area (Å²) < 4.78 is 0. The third-order valence-electron chi connectivity index (χ3n) is 11.5. The second kappa shape index (κ2) is 6.67. The normalized spacial score (nSPS) is 57.5. The molecule has 0 bridgehead atoms. The molecule has 3 heteroatoms. The average Bonchev–Trinajstić information content (AvgIpc) is 3.22. The van der Waals surface area contributed by atoms with E-state index in [-0.39, 0.29) is 16.9 Å². The van der Waals surface area contributed by atoms with E-state index >= 15 is 0 Å². The van der Waals surface area contributed by atoms with E-state index in [9.17, 15) is 9.90 Å². The smallest absolute Gasteiger partial charge is 0.126 e. The predicted octanol–water partition coefficient (Wildman–Crippen LogP) is 4.83. The standard InChI is InChI=1S/C27H41NO2/c1-16-4-7-23-17(2)25-24(28(23)14-16)13-22-20-6-5-18-12-19(30)8-10-26(18,3)21(20)9-11-27(22,25)15-29/h5,15-17,19-25,30H,4,6-14H2,1-3H3/t16-,17-,19-,20+,21-,22-,23-,24-,25-,26-,27+/m0/s1. The molecule has 6 rings (SSSR count). The van der Waals surface area contributed by atoms with Crippen LogP contribution in [0.2, 0.25) is 0 Å². The van der Waals surface area contributed by atoms with Crippen molar-refractivity contribution in [3.05, 3.63) is 11.6 Å². The highest BCUT2D eigenvalue weighted by Crippen LogP contribution is 2.69. The summed E-state index contributed by atoms with van der Waals surface area (Å²) in [5.41, 5.74) is 1.74. The zero-order chi connectivity index (χ0) is 20.8. The van der Waals surface area contributed by atoms with Crippen LogP contribution in [0.5, 0.6) is 0 Å². The summed E-state index contributed by atoms with van der Waals surface area (Å²) in [4.78, 5) is 15.8. The maximum absolute atomic E-state index is 12.9. The van der Waals surface area contributed by atoms with Gasteiger partial charge in [-0.3, -0.25) is 4.90 Å². The third kappa shape index (κ3) is 2.43. The van der Waals surface area contributed by atoms with E-state index in [2.05, 4.69) is 31.7 Å². The molecule has 11 atom stereocenters. The number of aliphatic hydroxyl groups excluding tert-OH is 1. The summed E-state index contributed by atoms with van der Waals surface area (Å²) in [7, 11) is 0. The van der Waals surface area contributed by atoms with Gasteiger partial charge in [-0.15, -0.1) is 0 Å². The zero-order valence-corrected chi connectivity index (χ0v) is 19.2. The minimum Gasteiger partial charge on any atom is -0.393 e. The number of fused-ring (bicyclic) bond motifs is 9. The molecule has 2 aliphatic heterocycles. The number of aliphatic hydroxyl groups is 1. The topological polar surface area (TPSA) is 40.5 Å². The summed E-state index contributed by atoms with van der Waals surface area (Å²) in [6.45, 7) is 8.66. The molecule has 5 fully saturated rings. The minimum atomic E-state index is -0.136. The van der Waals surface area contributed by atoms with Gasteiger partial charge in [-0.2, -0.15) is 0 Å². The second-order valence-corrected chi connectivity index (χ2v) is 12.6. The third-order valence-corrected chi connectivity index (χ3v) is 11.5. The van der Waals surface area contributed by atoms with Crippen molar-refractivity contribution in [1.82, 2.24) is 4.90 Å². The van der Waals surface area contributed by atoms with Crippen LogP contribution in [0.25, 0.3) is 0 Å². The maximum Gasteiger partial charge on any atom is 0.126 e. The number of allylic oxidation sites excluding steroid dienone is 1. The van der Waals surface area contributed by atoms with Crippen molar-refractivity contribution in [3.8, 4) is 0 Å². The molecule has 0 unspecified atom stereocenters.